The van der Waals surface area contributed by atoms with E-state index in [1.54, 1.807) is 12.1 Å². The zero-order valence-corrected chi connectivity index (χ0v) is 15.8. The van der Waals surface area contributed by atoms with Gasteiger partial charge in [0.2, 0.25) is 0 Å². The lowest BCUT2D eigenvalue weighted by Crippen LogP contribution is -2.24. The molecule has 0 atom stereocenters. The molecule has 6 nitrogen and oxygen atoms in total. The second-order valence-corrected chi connectivity index (χ2v) is 6.14. The Labute approximate surface area is 159 Å². The van der Waals surface area contributed by atoms with Crippen molar-refractivity contribution >= 4 is 39.8 Å². The second kappa shape index (κ2) is 9.29. The third-order valence-corrected chi connectivity index (χ3v) is 4.01. The molecule has 0 aliphatic carbocycles. The summed E-state index contributed by atoms with van der Waals surface area (Å²) in [7, 11) is 0. The van der Waals surface area contributed by atoms with E-state index >= 15 is 0 Å². The highest BCUT2D eigenvalue weighted by atomic mass is 79.9. The van der Waals surface area contributed by atoms with Crippen LogP contribution in [0.5, 0.6) is 11.5 Å². The summed E-state index contributed by atoms with van der Waals surface area (Å²) in [5, 5.41) is 4.37. The smallest absolute Gasteiger partial charge is 0.332 e. The van der Waals surface area contributed by atoms with Gasteiger partial charge in [-0.1, -0.05) is 29.8 Å². The molecule has 2 aromatic rings. The fourth-order valence-electron chi connectivity index (χ4n) is 2.00. The van der Waals surface area contributed by atoms with Crippen molar-refractivity contribution in [2.75, 3.05) is 6.61 Å². The van der Waals surface area contributed by atoms with Crippen LogP contribution in [-0.2, 0) is 6.61 Å². The molecule has 2 rings (SSSR count). The van der Waals surface area contributed by atoms with Crippen molar-refractivity contribution in [1.29, 1.82) is 0 Å². The number of nitrogens with one attached hydrogen (secondary N) is 1. The van der Waals surface area contributed by atoms with Crippen molar-refractivity contribution in [3.05, 3.63) is 57.0 Å². The van der Waals surface area contributed by atoms with Gasteiger partial charge in [0.05, 0.1) is 17.3 Å². The lowest BCUT2D eigenvalue weighted by atomic mass is 10.2. The van der Waals surface area contributed by atoms with Crippen LogP contribution in [0.25, 0.3) is 0 Å². The van der Waals surface area contributed by atoms with Crippen molar-refractivity contribution in [3.63, 3.8) is 0 Å². The minimum atomic E-state index is -0.736. The van der Waals surface area contributed by atoms with Gasteiger partial charge in [0.25, 0.3) is 0 Å². The van der Waals surface area contributed by atoms with E-state index in [-0.39, 0.29) is 0 Å². The Morgan fingerprint density at radius 2 is 2.12 bits per heavy atom. The predicted molar refractivity (Wildman–Crippen MR) is 101 cm³/mol. The van der Waals surface area contributed by atoms with E-state index in [1.165, 1.54) is 6.21 Å². The van der Waals surface area contributed by atoms with Gasteiger partial charge in [-0.15, -0.1) is 0 Å². The van der Waals surface area contributed by atoms with Gasteiger partial charge in [0.1, 0.15) is 6.61 Å². The summed E-state index contributed by atoms with van der Waals surface area (Å²) in [4.78, 5) is 10.7. The van der Waals surface area contributed by atoms with E-state index < -0.39 is 6.03 Å². The van der Waals surface area contributed by atoms with Gasteiger partial charge >= 0.3 is 6.03 Å². The molecule has 0 aliphatic rings. The fraction of sp³-hybridized carbons (Fsp3) is 0.176. The minimum absolute atomic E-state index is 0.301. The van der Waals surface area contributed by atoms with Gasteiger partial charge < -0.3 is 15.2 Å². The molecule has 0 spiro atoms. The van der Waals surface area contributed by atoms with Crippen molar-refractivity contribution in [2.45, 2.75) is 13.5 Å². The van der Waals surface area contributed by atoms with Crippen LogP contribution >= 0.6 is 27.5 Å². The average Bonchev–Trinajstić information content (AvgIpc) is 2.55. The first-order valence-electron chi connectivity index (χ1n) is 7.42. The predicted octanol–water partition coefficient (Wildman–Crippen LogP) is 4.08. The van der Waals surface area contributed by atoms with E-state index in [1.807, 2.05) is 31.2 Å². The standard InChI is InChI=1S/C17H17BrClN3O3/c1-2-24-15-8-11(9-21-22-17(20)23)7-13(18)16(15)25-10-12-5-3-4-6-14(12)19/h3-9H,2,10H2,1H3,(H3,20,22,23)/b21-9-. The molecule has 0 aliphatic heterocycles. The monoisotopic (exact) mass is 425 g/mol. The first-order chi connectivity index (χ1) is 12.0. The molecule has 0 bridgehead atoms. The summed E-state index contributed by atoms with van der Waals surface area (Å²) >= 11 is 9.62. The van der Waals surface area contributed by atoms with Crippen molar-refractivity contribution in [2.24, 2.45) is 10.8 Å². The summed E-state index contributed by atoms with van der Waals surface area (Å²) < 4.78 is 12.2. The molecule has 0 heterocycles. The van der Waals surface area contributed by atoms with Crippen LogP contribution in [0.4, 0.5) is 4.79 Å². The zero-order chi connectivity index (χ0) is 18.2. The molecule has 0 saturated heterocycles. The second-order valence-electron chi connectivity index (χ2n) is 4.88. The number of carbonyl (C=O) groups is 1. The Morgan fingerprint density at radius 1 is 1.36 bits per heavy atom. The van der Waals surface area contributed by atoms with E-state index in [0.29, 0.717) is 39.8 Å². The first-order valence-corrected chi connectivity index (χ1v) is 8.59. The van der Waals surface area contributed by atoms with Gasteiger partial charge in [-0.05, 0) is 46.6 Å². The molecular weight excluding hydrogens is 410 g/mol. The van der Waals surface area contributed by atoms with Crippen LogP contribution in [-0.4, -0.2) is 18.9 Å². The van der Waals surface area contributed by atoms with E-state index in [0.717, 1.165) is 5.56 Å². The number of urea groups is 1. The van der Waals surface area contributed by atoms with E-state index in [4.69, 9.17) is 26.8 Å². The van der Waals surface area contributed by atoms with Crippen LogP contribution in [0.15, 0.2) is 46.0 Å². The first kappa shape index (κ1) is 19.1. The Bertz CT molecular complexity index is 784. The Morgan fingerprint density at radius 3 is 2.80 bits per heavy atom. The molecule has 25 heavy (non-hydrogen) atoms. The molecule has 2 aromatic carbocycles. The third-order valence-electron chi connectivity index (χ3n) is 3.05. The molecule has 0 fully saturated rings. The van der Waals surface area contributed by atoms with Crippen molar-refractivity contribution in [1.82, 2.24) is 5.43 Å². The molecule has 2 amide bonds. The van der Waals surface area contributed by atoms with Crippen LogP contribution < -0.4 is 20.6 Å². The minimum Gasteiger partial charge on any atom is -0.490 e. The fourth-order valence-corrected chi connectivity index (χ4v) is 2.77. The van der Waals surface area contributed by atoms with E-state index in [2.05, 4.69) is 26.5 Å². The van der Waals surface area contributed by atoms with Gasteiger partial charge in [-0.3, -0.25) is 0 Å². The molecule has 0 unspecified atom stereocenters. The third kappa shape index (κ3) is 5.65. The number of hydrogen-bond donors (Lipinski definition) is 2. The van der Waals surface area contributed by atoms with Gasteiger partial charge in [0, 0.05) is 10.6 Å². The molecule has 3 N–H and O–H groups in total. The Kier molecular flexibility index (Phi) is 7.09. The summed E-state index contributed by atoms with van der Waals surface area (Å²) in [6, 6.07) is 10.3. The molecule has 0 saturated carbocycles. The highest BCUT2D eigenvalue weighted by Crippen LogP contribution is 2.37. The van der Waals surface area contributed by atoms with Gasteiger partial charge in [-0.2, -0.15) is 5.10 Å². The largest absolute Gasteiger partial charge is 0.490 e. The normalized spacial score (nSPS) is 10.7. The molecule has 0 aromatic heterocycles. The van der Waals surface area contributed by atoms with Crippen LogP contribution in [0.3, 0.4) is 0 Å². The van der Waals surface area contributed by atoms with Crippen molar-refractivity contribution < 1.29 is 14.3 Å². The number of ether oxygens (including phenoxy) is 2. The lowest BCUT2D eigenvalue weighted by molar-refractivity contribution is 0.249. The van der Waals surface area contributed by atoms with Crippen LogP contribution in [0.2, 0.25) is 5.02 Å². The lowest BCUT2D eigenvalue weighted by Gasteiger charge is -2.15. The number of halogens is 2. The average molecular weight is 427 g/mol. The number of carbonyl (C=O) groups excluding carboxylic acids is 1. The zero-order valence-electron chi connectivity index (χ0n) is 13.5. The summed E-state index contributed by atoms with van der Waals surface area (Å²) in [6.45, 7) is 2.64. The van der Waals surface area contributed by atoms with Crippen LogP contribution in [0.1, 0.15) is 18.1 Å². The number of rotatable bonds is 7. The maximum atomic E-state index is 10.7. The SMILES string of the molecule is CCOc1cc(/C=N\NC(N)=O)cc(Br)c1OCc1ccccc1Cl. The maximum absolute atomic E-state index is 10.7. The number of nitrogens with two attached hydrogens (primary N) is 1. The van der Waals surface area contributed by atoms with E-state index in [9.17, 15) is 4.79 Å². The highest BCUT2D eigenvalue weighted by Gasteiger charge is 2.13. The quantitative estimate of drug-likeness (QED) is 0.516. The topological polar surface area (TPSA) is 85.9 Å². The highest BCUT2D eigenvalue weighted by molar-refractivity contribution is 9.10. The molecule has 132 valence electrons. The number of benzene rings is 2. The summed E-state index contributed by atoms with van der Waals surface area (Å²) in [6.07, 6.45) is 1.45. The number of hydrogen-bond acceptors (Lipinski definition) is 4. The summed E-state index contributed by atoms with van der Waals surface area (Å²) in [5.41, 5.74) is 8.68. The van der Waals surface area contributed by atoms with Crippen LogP contribution in [0, 0.1) is 0 Å². The molecule has 8 heteroatoms. The number of hydrazone groups is 1. The maximum Gasteiger partial charge on any atom is 0.332 e. The number of nitrogens with zero attached hydrogens (tertiary/aromatic N) is 1. The summed E-state index contributed by atoms with van der Waals surface area (Å²) in [5.74, 6) is 1.10. The molecule has 0 radical (unpaired) electrons. The van der Waals surface area contributed by atoms with Gasteiger partial charge in [-0.25, -0.2) is 10.2 Å². The number of primary amides is 1. The number of amides is 2. The molecular formula is C17H17BrClN3O3. The Hall–Kier alpha value is -2.25. The van der Waals surface area contributed by atoms with Gasteiger partial charge in [0.15, 0.2) is 11.5 Å². The van der Waals surface area contributed by atoms with Crippen molar-refractivity contribution in [3.8, 4) is 11.5 Å². The Balaban J connectivity index is 2.23.